The molecule has 1 aromatic heterocycles. The van der Waals surface area contributed by atoms with Crippen LogP contribution in [0.3, 0.4) is 0 Å². The van der Waals surface area contributed by atoms with Crippen LogP contribution in [-0.2, 0) is 4.74 Å². The lowest BCUT2D eigenvalue weighted by atomic mass is 9.97. The van der Waals surface area contributed by atoms with Crippen LogP contribution >= 0.6 is 12.4 Å². The van der Waals surface area contributed by atoms with Gasteiger partial charge in [-0.2, -0.15) is 0 Å². The second kappa shape index (κ2) is 8.58. The van der Waals surface area contributed by atoms with Crippen LogP contribution in [0.2, 0.25) is 0 Å². The number of hydrogen-bond acceptors (Lipinski definition) is 6. The predicted octanol–water partition coefficient (Wildman–Crippen LogP) is 2.74. The van der Waals surface area contributed by atoms with E-state index in [2.05, 4.69) is 9.88 Å². The van der Waals surface area contributed by atoms with Crippen molar-refractivity contribution in [3.05, 3.63) is 48.3 Å². The van der Waals surface area contributed by atoms with Crippen molar-refractivity contribution in [2.24, 2.45) is 5.92 Å². The largest absolute Gasteiger partial charge is 0.462 e. The number of carbonyl (C=O) groups excluding carboxylic acids is 1. The molecule has 1 aromatic carbocycles. The van der Waals surface area contributed by atoms with Crippen molar-refractivity contribution >= 4 is 35.4 Å². The average Bonchev–Trinajstić information content (AvgIpc) is 2.63. The van der Waals surface area contributed by atoms with Crippen molar-refractivity contribution in [1.29, 1.82) is 0 Å². The van der Waals surface area contributed by atoms with E-state index in [1.54, 1.807) is 30.6 Å². The molecule has 1 fully saturated rings. The Morgan fingerprint density at radius 2 is 1.84 bits per heavy atom. The molecule has 1 aliphatic heterocycles. The van der Waals surface area contributed by atoms with E-state index in [1.165, 1.54) is 5.69 Å². The maximum atomic E-state index is 12.2. The fourth-order valence-electron chi connectivity index (χ4n) is 2.95. The Bertz CT molecular complexity index is 703. The molecule has 1 saturated heterocycles. The van der Waals surface area contributed by atoms with E-state index in [1.807, 2.05) is 12.1 Å². The highest BCUT2D eigenvalue weighted by atomic mass is 35.5. The Labute approximate surface area is 153 Å². The average molecular weight is 363 g/mol. The van der Waals surface area contributed by atoms with E-state index >= 15 is 0 Å². The van der Waals surface area contributed by atoms with E-state index in [0.29, 0.717) is 23.8 Å². The molecule has 3 rings (SSSR count). The minimum Gasteiger partial charge on any atom is -0.462 e. The molecule has 0 aliphatic carbocycles. The van der Waals surface area contributed by atoms with E-state index in [4.69, 9.17) is 16.2 Å². The maximum Gasteiger partial charge on any atom is 0.340 e. The first-order chi connectivity index (χ1) is 11.6. The van der Waals surface area contributed by atoms with Crippen molar-refractivity contribution in [3.8, 4) is 0 Å². The molecule has 134 valence electrons. The van der Waals surface area contributed by atoms with Crippen molar-refractivity contribution in [2.75, 3.05) is 36.1 Å². The van der Waals surface area contributed by atoms with Gasteiger partial charge in [0.2, 0.25) is 0 Å². The highest BCUT2D eigenvalue weighted by molar-refractivity contribution is 5.97. The van der Waals surface area contributed by atoms with Gasteiger partial charge in [-0.1, -0.05) is 6.07 Å². The molecule has 7 heteroatoms. The zero-order chi connectivity index (χ0) is 16.9. The van der Waals surface area contributed by atoms with Crippen LogP contribution < -0.4 is 16.4 Å². The summed E-state index contributed by atoms with van der Waals surface area (Å²) in [7, 11) is 0. The van der Waals surface area contributed by atoms with Crippen LogP contribution in [0.25, 0.3) is 0 Å². The second-order valence-corrected chi connectivity index (χ2v) is 6.04. The molecule has 0 spiro atoms. The highest BCUT2D eigenvalue weighted by Crippen LogP contribution is 2.24. The van der Waals surface area contributed by atoms with E-state index < -0.39 is 5.97 Å². The summed E-state index contributed by atoms with van der Waals surface area (Å²) in [5.74, 6) is -0.0364. The number of aromatic nitrogens is 1. The molecular formula is C18H23ClN4O2. The molecular weight excluding hydrogens is 340 g/mol. The van der Waals surface area contributed by atoms with Gasteiger partial charge in [-0.15, -0.1) is 12.4 Å². The van der Waals surface area contributed by atoms with Crippen LogP contribution in [0, 0.1) is 5.92 Å². The number of halogens is 1. The Kier molecular flexibility index (Phi) is 6.47. The molecule has 0 amide bonds. The number of nitrogens with two attached hydrogens (primary N) is 2. The molecule has 4 N–H and O–H groups in total. The summed E-state index contributed by atoms with van der Waals surface area (Å²) < 4.78 is 5.44. The normalized spacial score (nSPS) is 14.6. The number of para-hydroxylation sites is 1. The fourth-order valence-corrected chi connectivity index (χ4v) is 2.95. The lowest BCUT2D eigenvalue weighted by molar-refractivity contribution is 0.0422. The van der Waals surface area contributed by atoms with Crippen molar-refractivity contribution in [2.45, 2.75) is 12.8 Å². The molecule has 0 radical (unpaired) electrons. The monoisotopic (exact) mass is 362 g/mol. The van der Waals surface area contributed by atoms with Gasteiger partial charge >= 0.3 is 5.97 Å². The number of nitrogen functional groups attached to an aromatic ring is 2. The maximum absolute atomic E-state index is 12.2. The molecule has 2 heterocycles. The Morgan fingerprint density at radius 3 is 2.52 bits per heavy atom. The number of rotatable bonds is 4. The number of nitrogens with zero attached hydrogens (tertiary/aromatic N) is 2. The highest BCUT2D eigenvalue weighted by Gasteiger charge is 2.21. The zero-order valence-corrected chi connectivity index (χ0v) is 14.7. The minimum absolute atomic E-state index is 0. The minimum atomic E-state index is -0.406. The SMILES string of the molecule is Cl.Nc1cccc(C(=O)OCC2CCN(c3ccncc3)CC2)c1N. The number of esters is 1. The number of piperidine rings is 1. The third-order valence-electron chi connectivity index (χ3n) is 4.45. The van der Waals surface area contributed by atoms with Gasteiger partial charge in [-0.25, -0.2) is 4.79 Å². The third-order valence-corrected chi connectivity index (χ3v) is 4.45. The van der Waals surface area contributed by atoms with E-state index in [0.717, 1.165) is 25.9 Å². The van der Waals surface area contributed by atoms with E-state index in [-0.39, 0.29) is 18.1 Å². The molecule has 0 unspecified atom stereocenters. The summed E-state index contributed by atoms with van der Waals surface area (Å²) in [6.07, 6.45) is 5.59. The lowest BCUT2D eigenvalue weighted by Crippen LogP contribution is -2.35. The summed E-state index contributed by atoms with van der Waals surface area (Å²) in [6.45, 7) is 2.32. The number of hydrogen-bond donors (Lipinski definition) is 2. The van der Waals surface area contributed by atoms with Gasteiger partial charge in [-0.3, -0.25) is 4.98 Å². The summed E-state index contributed by atoms with van der Waals surface area (Å²) in [4.78, 5) is 18.5. The number of anilines is 3. The summed E-state index contributed by atoms with van der Waals surface area (Å²) in [5.41, 5.74) is 13.8. The van der Waals surface area contributed by atoms with Gasteiger partial charge in [-0.05, 0) is 43.0 Å². The Hall–Kier alpha value is -2.47. The fraction of sp³-hybridized carbons (Fsp3) is 0.333. The number of benzene rings is 1. The third kappa shape index (κ3) is 4.54. The predicted molar refractivity (Wildman–Crippen MR) is 102 cm³/mol. The first-order valence-corrected chi connectivity index (χ1v) is 8.11. The first kappa shape index (κ1) is 18.9. The van der Waals surface area contributed by atoms with Crippen molar-refractivity contribution in [3.63, 3.8) is 0 Å². The second-order valence-electron chi connectivity index (χ2n) is 6.04. The molecule has 0 bridgehead atoms. The smallest absolute Gasteiger partial charge is 0.340 e. The van der Waals surface area contributed by atoms with Gasteiger partial charge in [0.1, 0.15) is 0 Å². The number of ether oxygens (including phenoxy) is 1. The molecule has 1 aliphatic rings. The van der Waals surface area contributed by atoms with Crippen LogP contribution in [0.15, 0.2) is 42.7 Å². The lowest BCUT2D eigenvalue weighted by Gasteiger charge is -2.33. The van der Waals surface area contributed by atoms with Gasteiger partial charge in [0.05, 0.1) is 23.5 Å². The van der Waals surface area contributed by atoms with Gasteiger partial charge < -0.3 is 21.1 Å². The zero-order valence-electron chi connectivity index (χ0n) is 13.9. The molecule has 25 heavy (non-hydrogen) atoms. The molecule has 0 saturated carbocycles. The summed E-state index contributed by atoms with van der Waals surface area (Å²) in [5, 5.41) is 0. The summed E-state index contributed by atoms with van der Waals surface area (Å²) >= 11 is 0. The quantitative estimate of drug-likeness (QED) is 0.641. The van der Waals surface area contributed by atoms with Crippen LogP contribution in [0.5, 0.6) is 0 Å². The number of pyridine rings is 1. The van der Waals surface area contributed by atoms with Gasteiger partial charge in [0, 0.05) is 31.2 Å². The molecule has 2 aromatic rings. The molecule has 0 atom stereocenters. The Balaban J connectivity index is 0.00000225. The summed E-state index contributed by atoms with van der Waals surface area (Å²) in [6, 6.07) is 9.04. The Morgan fingerprint density at radius 1 is 1.16 bits per heavy atom. The van der Waals surface area contributed by atoms with Crippen molar-refractivity contribution < 1.29 is 9.53 Å². The van der Waals surface area contributed by atoms with Gasteiger partial charge in [0.15, 0.2) is 0 Å². The standard InChI is InChI=1S/C18H22N4O2.ClH/c19-16-3-1-2-15(17(16)20)18(23)24-12-13-6-10-22(11-7-13)14-4-8-21-9-5-14;/h1-5,8-9,13H,6-7,10-12,19-20H2;1H. The van der Waals surface area contributed by atoms with Crippen LogP contribution in [0.1, 0.15) is 23.2 Å². The molecule has 6 nitrogen and oxygen atoms in total. The first-order valence-electron chi connectivity index (χ1n) is 8.11. The van der Waals surface area contributed by atoms with Crippen LogP contribution in [-0.4, -0.2) is 30.6 Å². The number of carbonyl (C=O) groups is 1. The van der Waals surface area contributed by atoms with Crippen LogP contribution in [0.4, 0.5) is 17.1 Å². The van der Waals surface area contributed by atoms with Crippen molar-refractivity contribution in [1.82, 2.24) is 4.98 Å². The topological polar surface area (TPSA) is 94.5 Å². The van der Waals surface area contributed by atoms with Gasteiger partial charge in [0.25, 0.3) is 0 Å². The van der Waals surface area contributed by atoms with E-state index in [9.17, 15) is 4.79 Å².